The summed E-state index contributed by atoms with van der Waals surface area (Å²) in [5, 5.41) is 13.1. The van der Waals surface area contributed by atoms with E-state index in [1.165, 1.54) is 5.56 Å². The van der Waals surface area contributed by atoms with Gasteiger partial charge in [-0.05, 0) is 24.0 Å². The van der Waals surface area contributed by atoms with E-state index in [4.69, 9.17) is 4.74 Å². The van der Waals surface area contributed by atoms with E-state index >= 15 is 0 Å². The molecule has 0 aliphatic heterocycles. The SMILES string of the molecule is CCC(C)c1ccccc1OCC(O)CNC(C)C.Cl. The van der Waals surface area contributed by atoms with Gasteiger partial charge >= 0.3 is 0 Å². The number of hydrogen-bond acceptors (Lipinski definition) is 3. The number of para-hydroxylation sites is 1. The zero-order valence-corrected chi connectivity index (χ0v) is 13.7. The lowest BCUT2D eigenvalue weighted by Crippen LogP contribution is -2.35. The number of benzene rings is 1. The van der Waals surface area contributed by atoms with Crippen LogP contribution in [0.15, 0.2) is 24.3 Å². The molecule has 3 nitrogen and oxygen atoms in total. The van der Waals surface area contributed by atoms with E-state index in [1.807, 2.05) is 18.2 Å². The van der Waals surface area contributed by atoms with Crippen molar-refractivity contribution in [3.8, 4) is 5.75 Å². The average Bonchev–Trinajstić information content (AvgIpc) is 2.42. The van der Waals surface area contributed by atoms with E-state index in [-0.39, 0.29) is 12.4 Å². The summed E-state index contributed by atoms with van der Waals surface area (Å²) < 4.78 is 5.76. The molecule has 20 heavy (non-hydrogen) atoms. The number of aliphatic hydroxyl groups excluding tert-OH is 1. The molecule has 0 aliphatic carbocycles. The van der Waals surface area contributed by atoms with E-state index in [1.54, 1.807) is 0 Å². The van der Waals surface area contributed by atoms with Crippen LogP contribution in [0.1, 0.15) is 45.6 Å². The fourth-order valence-electron chi connectivity index (χ4n) is 1.86. The highest BCUT2D eigenvalue weighted by atomic mass is 35.5. The van der Waals surface area contributed by atoms with E-state index in [9.17, 15) is 5.11 Å². The Morgan fingerprint density at radius 1 is 1.20 bits per heavy atom. The lowest BCUT2D eigenvalue weighted by Gasteiger charge is -2.18. The lowest BCUT2D eigenvalue weighted by atomic mass is 9.98. The standard InChI is InChI=1S/C16H27NO2.ClH/c1-5-13(4)15-8-6-7-9-16(15)19-11-14(18)10-17-12(2)3;/h6-9,12-14,17-18H,5,10-11H2,1-4H3;1H. The second-order valence-corrected chi connectivity index (χ2v) is 5.37. The zero-order valence-electron chi connectivity index (χ0n) is 12.9. The van der Waals surface area contributed by atoms with Gasteiger partial charge in [-0.2, -0.15) is 0 Å². The van der Waals surface area contributed by atoms with Gasteiger partial charge in [0.25, 0.3) is 0 Å². The third kappa shape index (κ3) is 6.60. The number of rotatable bonds is 8. The molecule has 2 atom stereocenters. The van der Waals surface area contributed by atoms with Crippen LogP contribution in [0.2, 0.25) is 0 Å². The molecule has 0 fully saturated rings. The molecule has 0 heterocycles. The van der Waals surface area contributed by atoms with Crippen LogP contribution in [0.25, 0.3) is 0 Å². The van der Waals surface area contributed by atoms with Gasteiger partial charge in [0, 0.05) is 12.6 Å². The maximum atomic E-state index is 9.86. The van der Waals surface area contributed by atoms with Crippen LogP contribution in [0, 0.1) is 0 Å². The Balaban J connectivity index is 0.00000361. The molecule has 0 radical (unpaired) electrons. The predicted octanol–water partition coefficient (Wildman–Crippen LogP) is 3.36. The molecular weight excluding hydrogens is 274 g/mol. The van der Waals surface area contributed by atoms with Crippen LogP contribution in [-0.4, -0.2) is 30.4 Å². The normalized spacial score (nSPS) is 13.7. The molecule has 0 saturated carbocycles. The van der Waals surface area contributed by atoms with E-state index < -0.39 is 6.10 Å². The summed E-state index contributed by atoms with van der Waals surface area (Å²) in [7, 11) is 0. The first kappa shape index (κ1) is 19.2. The molecule has 0 aromatic heterocycles. The van der Waals surface area contributed by atoms with Gasteiger partial charge in [0.1, 0.15) is 18.5 Å². The molecule has 0 aliphatic rings. The lowest BCUT2D eigenvalue weighted by molar-refractivity contribution is 0.104. The van der Waals surface area contributed by atoms with Crippen molar-refractivity contribution in [2.24, 2.45) is 0 Å². The fraction of sp³-hybridized carbons (Fsp3) is 0.625. The van der Waals surface area contributed by atoms with Crippen molar-refractivity contribution < 1.29 is 9.84 Å². The van der Waals surface area contributed by atoms with Gasteiger partial charge in [0.15, 0.2) is 0 Å². The molecule has 1 aromatic carbocycles. The summed E-state index contributed by atoms with van der Waals surface area (Å²) in [4.78, 5) is 0. The zero-order chi connectivity index (χ0) is 14.3. The van der Waals surface area contributed by atoms with Crippen LogP contribution in [0.5, 0.6) is 5.75 Å². The molecule has 4 heteroatoms. The second-order valence-electron chi connectivity index (χ2n) is 5.37. The summed E-state index contributed by atoms with van der Waals surface area (Å²) in [5.41, 5.74) is 1.22. The molecule has 0 bridgehead atoms. The smallest absolute Gasteiger partial charge is 0.122 e. The Morgan fingerprint density at radius 3 is 2.45 bits per heavy atom. The van der Waals surface area contributed by atoms with Crippen molar-refractivity contribution in [3.63, 3.8) is 0 Å². The Hall–Kier alpha value is -0.770. The highest BCUT2D eigenvalue weighted by Gasteiger charge is 2.11. The molecule has 116 valence electrons. The van der Waals surface area contributed by atoms with Gasteiger partial charge in [0.2, 0.25) is 0 Å². The molecule has 0 spiro atoms. The van der Waals surface area contributed by atoms with Crippen molar-refractivity contribution >= 4 is 12.4 Å². The predicted molar refractivity (Wildman–Crippen MR) is 87.0 cm³/mol. The summed E-state index contributed by atoms with van der Waals surface area (Å²) in [6, 6.07) is 8.46. The van der Waals surface area contributed by atoms with Crippen molar-refractivity contribution in [1.29, 1.82) is 0 Å². The fourth-order valence-corrected chi connectivity index (χ4v) is 1.86. The number of hydrogen-bond donors (Lipinski definition) is 2. The van der Waals surface area contributed by atoms with Crippen molar-refractivity contribution in [3.05, 3.63) is 29.8 Å². The molecule has 2 unspecified atom stereocenters. The number of nitrogens with one attached hydrogen (secondary N) is 1. The largest absolute Gasteiger partial charge is 0.491 e. The minimum atomic E-state index is -0.479. The molecule has 1 aromatic rings. The average molecular weight is 302 g/mol. The van der Waals surface area contributed by atoms with Gasteiger partial charge in [-0.1, -0.05) is 45.9 Å². The molecule has 0 amide bonds. The number of halogens is 1. The molecule has 0 saturated heterocycles. The monoisotopic (exact) mass is 301 g/mol. The van der Waals surface area contributed by atoms with E-state index in [0.717, 1.165) is 12.2 Å². The Labute approximate surface area is 129 Å². The summed E-state index contributed by atoms with van der Waals surface area (Å²) >= 11 is 0. The van der Waals surface area contributed by atoms with Crippen molar-refractivity contribution in [2.45, 2.75) is 52.2 Å². The first-order chi connectivity index (χ1) is 9.04. The van der Waals surface area contributed by atoms with Gasteiger partial charge in [-0.3, -0.25) is 0 Å². The first-order valence-corrected chi connectivity index (χ1v) is 7.17. The minimum absolute atomic E-state index is 0. The third-order valence-electron chi connectivity index (χ3n) is 3.26. The highest BCUT2D eigenvalue weighted by Crippen LogP contribution is 2.28. The molecule has 1 rings (SSSR count). The Bertz CT molecular complexity index is 371. The van der Waals surface area contributed by atoms with Crippen LogP contribution in [-0.2, 0) is 0 Å². The van der Waals surface area contributed by atoms with Gasteiger partial charge in [0.05, 0.1) is 0 Å². The van der Waals surface area contributed by atoms with Crippen molar-refractivity contribution in [1.82, 2.24) is 5.32 Å². The molecule has 2 N–H and O–H groups in total. The number of ether oxygens (including phenoxy) is 1. The maximum Gasteiger partial charge on any atom is 0.122 e. The van der Waals surface area contributed by atoms with Crippen LogP contribution >= 0.6 is 12.4 Å². The Morgan fingerprint density at radius 2 is 1.85 bits per heavy atom. The van der Waals surface area contributed by atoms with Gasteiger partial charge < -0.3 is 15.2 Å². The summed E-state index contributed by atoms with van der Waals surface area (Å²) in [5.74, 6) is 1.36. The van der Waals surface area contributed by atoms with E-state index in [2.05, 4.69) is 39.1 Å². The van der Waals surface area contributed by atoms with Gasteiger partial charge in [-0.25, -0.2) is 0 Å². The van der Waals surface area contributed by atoms with Gasteiger partial charge in [-0.15, -0.1) is 12.4 Å². The van der Waals surface area contributed by atoms with Crippen LogP contribution in [0.4, 0.5) is 0 Å². The topological polar surface area (TPSA) is 41.5 Å². The number of aliphatic hydroxyl groups is 1. The second kappa shape index (κ2) is 10.0. The summed E-state index contributed by atoms with van der Waals surface area (Å²) in [6.07, 6.45) is 0.602. The Kier molecular flexibility index (Phi) is 9.64. The van der Waals surface area contributed by atoms with Crippen LogP contribution in [0.3, 0.4) is 0 Å². The quantitative estimate of drug-likeness (QED) is 0.773. The van der Waals surface area contributed by atoms with Crippen molar-refractivity contribution in [2.75, 3.05) is 13.2 Å². The van der Waals surface area contributed by atoms with Crippen LogP contribution < -0.4 is 10.1 Å². The first-order valence-electron chi connectivity index (χ1n) is 7.17. The third-order valence-corrected chi connectivity index (χ3v) is 3.26. The minimum Gasteiger partial charge on any atom is -0.491 e. The molecular formula is C16H28ClNO2. The van der Waals surface area contributed by atoms with E-state index in [0.29, 0.717) is 25.1 Å². The highest BCUT2D eigenvalue weighted by molar-refractivity contribution is 5.85. The summed E-state index contributed by atoms with van der Waals surface area (Å²) in [6.45, 7) is 9.37. The maximum absolute atomic E-state index is 9.86.